The second kappa shape index (κ2) is 11.7. The molecule has 4 N–H and O–H groups in total. The Hall–Kier alpha value is -3.90. The maximum atomic E-state index is 12.5. The number of carbonyl (C=O) groups excluding carboxylic acids is 2. The lowest BCUT2D eigenvalue weighted by atomic mass is 10.1. The van der Waals surface area contributed by atoms with Gasteiger partial charge in [0.1, 0.15) is 0 Å². The summed E-state index contributed by atoms with van der Waals surface area (Å²) in [5.41, 5.74) is 5.79. The fourth-order valence-electron chi connectivity index (χ4n) is 6.28. The number of phenols is 2. The molecule has 2 aromatic rings. The normalized spacial score (nSPS) is 22.7. The Balaban J connectivity index is 0.000000162. The summed E-state index contributed by atoms with van der Waals surface area (Å²) < 4.78 is 0. The van der Waals surface area contributed by atoms with Gasteiger partial charge in [-0.2, -0.15) is 0 Å². The number of rotatable bonds is 3. The Morgan fingerprint density at radius 2 is 1.27 bits per heavy atom. The van der Waals surface area contributed by atoms with Gasteiger partial charge in [-0.3, -0.25) is 29.5 Å². The quantitative estimate of drug-likeness (QED) is 0.225. The minimum atomic E-state index is -0.680. The zero-order valence-corrected chi connectivity index (χ0v) is 22.4. The number of anilines is 1. The van der Waals surface area contributed by atoms with Crippen LogP contribution in [0.4, 0.5) is 11.4 Å². The lowest BCUT2D eigenvalue weighted by molar-refractivity contribution is -0.385. The van der Waals surface area contributed by atoms with E-state index in [2.05, 4.69) is 9.80 Å². The van der Waals surface area contributed by atoms with Gasteiger partial charge >= 0.3 is 5.69 Å². The van der Waals surface area contributed by atoms with Crippen LogP contribution in [0.3, 0.4) is 0 Å². The maximum Gasteiger partial charge on any atom is 0.311 e. The number of nitro benzene ring substituents is 1. The molecule has 12 heteroatoms. The number of carbonyl (C=O) groups is 2. The van der Waals surface area contributed by atoms with E-state index in [9.17, 15) is 29.9 Å². The SMILES string of the molecule is Nc1cccc(C(=O)N2CCN3CCCC3C2)c1O.O=C(c1cccc([N+](=O)[O-])c1O)N1CCN2CCCC2C1. The van der Waals surface area contributed by atoms with Crippen LogP contribution in [0.2, 0.25) is 0 Å². The van der Waals surface area contributed by atoms with Gasteiger partial charge in [0.25, 0.3) is 11.8 Å². The average molecular weight is 553 g/mol. The van der Waals surface area contributed by atoms with E-state index in [-0.39, 0.29) is 28.8 Å². The molecule has 12 nitrogen and oxygen atoms in total. The number of fused-ring (bicyclic) bond motifs is 2. The Labute approximate surface area is 232 Å². The fourth-order valence-corrected chi connectivity index (χ4v) is 6.28. The molecule has 0 spiro atoms. The number of hydrogen-bond donors (Lipinski definition) is 3. The highest BCUT2D eigenvalue weighted by molar-refractivity contribution is 5.99. The number of para-hydroxylation sites is 2. The summed E-state index contributed by atoms with van der Waals surface area (Å²) in [4.78, 5) is 43.5. The van der Waals surface area contributed by atoms with Gasteiger partial charge in [-0.15, -0.1) is 0 Å². The molecule has 4 heterocycles. The molecule has 0 aromatic heterocycles. The summed E-state index contributed by atoms with van der Waals surface area (Å²) in [5.74, 6) is -1.08. The first kappa shape index (κ1) is 27.7. The standard InChI is InChI=1S/C14H17N3O4.C14H19N3O2/c18-13-11(4-1-5-12(13)17(20)21)14(19)16-8-7-15-6-2-3-10(15)9-16;15-12-5-1-4-11(13(12)18)14(19)17-8-7-16-6-2-3-10(16)9-17/h1,4-5,10,18H,2-3,6-9H2;1,4-5,10,18H,2-3,6-9,15H2. The van der Waals surface area contributed by atoms with Gasteiger partial charge in [0.2, 0.25) is 5.75 Å². The van der Waals surface area contributed by atoms with E-state index in [1.807, 2.05) is 4.90 Å². The van der Waals surface area contributed by atoms with Crippen molar-refractivity contribution < 1.29 is 24.7 Å². The Morgan fingerprint density at radius 3 is 1.80 bits per heavy atom. The third-order valence-corrected chi connectivity index (χ3v) is 8.49. The molecule has 6 rings (SSSR count). The second-order valence-electron chi connectivity index (χ2n) is 10.8. The summed E-state index contributed by atoms with van der Waals surface area (Å²) in [5, 5.41) is 30.7. The first-order valence-corrected chi connectivity index (χ1v) is 13.8. The highest BCUT2D eigenvalue weighted by Crippen LogP contribution is 2.32. The van der Waals surface area contributed by atoms with Gasteiger partial charge in [0.15, 0.2) is 5.75 Å². The molecule has 0 aliphatic carbocycles. The number of amides is 2. The first-order valence-electron chi connectivity index (χ1n) is 13.8. The van der Waals surface area contributed by atoms with Gasteiger partial charge < -0.3 is 25.7 Å². The van der Waals surface area contributed by atoms with Crippen LogP contribution in [0, 0.1) is 10.1 Å². The third kappa shape index (κ3) is 5.54. The molecule has 2 aromatic carbocycles. The molecule has 0 radical (unpaired) electrons. The van der Waals surface area contributed by atoms with Crippen LogP contribution in [0.15, 0.2) is 36.4 Å². The van der Waals surface area contributed by atoms with Crippen molar-refractivity contribution in [2.45, 2.75) is 37.8 Å². The molecule has 4 saturated heterocycles. The van der Waals surface area contributed by atoms with Gasteiger partial charge in [-0.05, 0) is 57.0 Å². The fraction of sp³-hybridized carbons (Fsp3) is 0.500. The molecule has 40 heavy (non-hydrogen) atoms. The highest BCUT2D eigenvalue weighted by atomic mass is 16.6. The van der Waals surface area contributed by atoms with Crippen molar-refractivity contribution in [2.75, 3.05) is 58.1 Å². The number of aromatic hydroxyl groups is 2. The van der Waals surface area contributed by atoms with E-state index < -0.39 is 16.4 Å². The lowest BCUT2D eigenvalue weighted by Gasteiger charge is -2.37. The number of nitrogens with two attached hydrogens (primary N) is 1. The van der Waals surface area contributed by atoms with Crippen LogP contribution >= 0.6 is 0 Å². The molecule has 2 amide bonds. The smallest absolute Gasteiger partial charge is 0.311 e. The molecule has 0 bridgehead atoms. The summed E-state index contributed by atoms with van der Waals surface area (Å²) in [6, 6.07) is 9.86. The second-order valence-corrected chi connectivity index (χ2v) is 10.8. The van der Waals surface area contributed by atoms with Gasteiger partial charge in [0.05, 0.1) is 21.7 Å². The Morgan fingerprint density at radius 1 is 0.775 bits per heavy atom. The van der Waals surface area contributed by atoms with Crippen molar-refractivity contribution in [1.82, 2.24) is 19.6 Å². The molecular weight excluding hydrogens is 516 g/mol. The molecule has 4 aliphatic rings. The summed E-state index contributed by atoms with van der Waals surface area (Å²) >= 11 is 0. The summed E-state index contributed by atoms with van der Waals surface area (Å²) in [7, 11) is 0. The number of phenolic OH excluding ortho intramolecular Hbond substituents is 2. The highest BCUT2D eigenvalue weighted by Gasteiger charge is 2.35. The predicted octanol–water partition coefficient (Wildman–Crippen LogP) is 2.12. The minimum absolute atomic E-state index is 0.00986. The summed E-state index contributed by atoms with van der Waals surface area (Å²) in [6.07, 6.45) is 4.60. The van der Waals surface area contributed by atoms with Crippen molar-refractivity contribution >= 4 is 23.2 Å². The van der Waals surface area contributed by atoms with E-state index in [0.717, 1.165) is 58.5 Å². The van der Waals surface area contributed by atoms with Crippen LogP contribution in [-0.2, 0) is 0 Å². The van der Waals surface area contributed by atoms with Crippen molar-refractivity contribution in [3.8, 4) is 11.5 Å². The van der Waals surface area contributed by atoms with Crippen LogP contribution < -0.4 is 5.73 Å². The number of piperazine rings is 2. The van der Waals surface area contributed by atoms with Crippen molar-refractivity contribution in [1.29, 1.82) is 0 Å². The van der Waals surface area contributed by atoms with E-state index in [1.54, 1.807) is 23.1 Å². The van der Waals surface area contributed by atoms with Gasteiger partial charge in [-0.1, -0.05) is 12.1 Å². The third-order valence-electron chi connectivity index (χ3n) is 8.49. The minimum Gasteiger partial charge on any atom is -0.505 e. The van der Waals surface area contributed by atoms with Crippen molar-refractivity contribution in [2.24, 2.45) is 0 Å². The topological polar surface area (TPSA) is 157 Å². The van der Waals surface area contributed by atoms with E-state index >= 15 is 0 Å². The Kier molecular flexibility index (Phi) is 8.08. The van der Waals surface area contributed by atoms with Gasteiger partial charge in [0, 0.05) is 57.4 Å². The zero-order chi connectivity index (χ0) is 28.4. The Bertz CT molecular complexity index is 1290. The molecule has 214 valence electrons. The summed E-state index contributed by atoms with van der Waals surface area (Å²) in [6.45, 7) is 6.69. The molecule has 4 aliphatic heterocycles. The van der Waals surface area contributed by atoms with E-state index in [4.69, 9.17) is 5.73 Å². The first-order chi connectivity index (χ1) is 19.2. The number of nitrogen functional groups attached to an aromatic ring is 1. The number of nitro groups is 1. The van der Waals surface area contributed by atoms with E-state index in [0.29, 0.717) is 30.7 Å². The van der Waals surface area contributed by atoms with Crippen molar-refractivity contribution in [3.63, 3.8) is 0 Å². The van der Waals surface area contributed by atoms with Crippen LogP contribution in [0.25, 0.3) is 0 Å². The van der Waals surface area contributed by atoms with Crippen LogP contribution in [0.5, 0.6) is 11.5 Å². The predicted molar refractivity (Wildman–Crippen MR) is 148 cm³/mol. The van der Waals surface area contributed by atoms with Crippen molar-refractivity contribution in [3.05, 3.63) is 57.6 Å². The van der Waals surface area contributed by atoms with Gasteiger partial charge in [-0.25, -0.2) is 0 Å². The maximum absolute atomic E-state index is 12.5. The van der Waals surface area contributed by atoms with E-state index in [1.165, 1.54) is 24.6 Å². The van der Waals surface area contributed by atoms with Crippen LogP contribution in [-0.4, -0.2) is 111 Å². The average Bonchev–Trinajstić information content (AvgIpc) is 3.63. The lowest BCUT2D eigenvalue weighted by Crippen LogP contribution is -2.52. The molecule has 2 unspecified atom stereocenters. The molecular formula is C28H36N6O6. The number of hydrogen-bond acceptors (Lipinski definition) is 9. The number of benzene rings is 2. The molecule has 0 saturated carbocycles. The number of nitrogens with zero attached hydrogens (tertiary/aromatic N) is 5. The zero-order valence-electron chi connectivity index (χ0n) is 22.4. The largest absolute Gasteiger partial charge is 0.505 e. The molecule has 4 fully saturated rings. The van der Waals surface area contributed by atoms with Crippen LogP contribution in [0.1, 0.15) is 46.4 Å². The molecule has 2 atom stereocenters. The monoisotopic (exact) mass is 552 g/mol.